The SMILES string of the molecule is CC(C)CN(C[C@H](O)[C@H](N)Cc1ccccc1)S(=O)(=O)c1ccc(N)cc1.Cl.Cl. The molecule has 2 rings (SSSR count). The van der Waals surface area contributed by atoms with E-state index in [1.54, 1.807) is 12.1 Å². The van der Waals surface area contributed by atoms with Gasteiger partial charge in [0.05, 0.1) is 11.0 Å². The van der Waals surface area contributed by atoms with Crippen LogP contribution in [0.5, 0.6) is 0 Å². The molecule has 0 aliphatic carbocycles. The summed E-state index contributed by atoms with van der Waals surface area (Å²) in [5.41, 5.74) is 13.3. The van der Waals surface area contributed by atoms with Crippen LogP contribution in [0.25, 0.3) is 0 Å². The molecule has 0 aromatic heterocycles. The van der Waals surface area contributed by atoms with Crippen molar-refractivity contribution in [2.45, 2.75) is 37.3 Å². The Morgan fingerprint density at radius 2 is 1.52 bits per heavy atom. The molecule has 0 unspecified atom stereocenters. The van der Waals surface area contributed by atoms with Gasteiger partial charge in [0.1, 0.15) is 0 Å². The van der Waals surface area contributed by atoms with Crippen molar-refractivity contribution in [3.05, 3.63) is 60.2 Å². The average molecular weight is 464 g/mol. The average Bonchev–Trinajstić information content (AvgIpc) is 2.62. The highest BCUT2D eigenvalue weighted by Crippen LogP contribution is 2.19. The molecule has 0 heterocycles. The molecule has 0 fully saturated rings. The molecule has 0 aliphatic heterocycles. The van der Waals surface area contributed by atoms with Gasteiger partial charge < -0.3 is 16.6 Å². The van der Waals surface area contributed by atoms with Crippen molar-refractivity contribution >= 4 is 40.5 Å². The molecular weight excluding hydrogens is 433 g/mol. The first kappa shape index (κ1) is 27.6. The van der Waals surface area contributed by atoms with Crippen LogP contribution in [-0.2, 0) is 16.4 Å². The van der Waals surface area contributed by atoms with Gasteiger partial charge in [0, 0.05) is 24.8 Å². The Balaban J connectivity index is 0.00000392. The van der Waals surface area contributed by atoms with Gasteiger partial charge in [0.25, 0.3) is 0 Å². The molecule has 2 aromatic rings. The predicted molar refractivity (Wildman–Crippen MR) is 123 cm³/mol. The van der Waals surface area contributed by atoms with Gasteiger partial charge >= 0.3 is 0 Å². The summed E-state index contributed by atoms with van der Waals surface area (Å²) in [6.07, 6.45) is -0.507. The minimum atomic E-state index is -3.75. The number of aliphatic hydroxyl groups is 1. The molecule has 0 radical (unpaired) electrons. The summed E-state index contributed by atoms with van der Waals surface area (Å²) < 4.78 is 27.4. The van der Waals surface area contributed by atoms with Gasteiger partial charge in [0.15, 0.2) is 0 Å². The Morgan fingerprint density at radius 3 is 2.03 bits per heavy atom. The molecule has 0 saturated heterocycles. The number of nitrogen functional groups attached to an aromatic ring is 1. The maximum Gasteiger partial charge on any atom is 0.243 e. The smallest absolute Gasteiger partial charge is 0.243 e. The Morgan fingerprint density at radius 1 is 0.966 bits per heavy atom. The minimum absolute atomic E-state index is 0. The molecule has 0 spiro atoms. The molecule has 29 heavy (non-hydrogen) atoms. The number of sulfonamides is 1. The van der Waals surface area contributed by atoms with Crippen molar-refractivity contribution in [3.63, 3.8) is 0 Å². The van der Waals surface area contributed by atoms with Crippen LogP contribution in [0.15, 0.2) is 59.5 Å². The molecule has 0 aliphatic rings. The summed E-state index contributed by atoms with van der Waals surface area (Å²) in [7, 11) is -3.75. The lowest BCUT2D eigenvalue weighted by molar-refractivity contribution is 0.116. The number of hydrogen-bond donors (Lipinski definition) is 3. The summed E-state index contributed by atoms with van der Waals surface area (Å²) in [5, 5.41) is 10.6. The fraction of sp³-hybridized carbons (Fsp3) is 0.400. The van der Waals surface area contributed by atoms with E-state index in [1.165, 1.54) is 16.4 Å². The van der Waals surface area contributed by atoms with Crippen LogP contribution in [0.1, 0.15) is 19.4 Å². The highest BCUT2D eigenvalue weighted by molar-refractivity contribution is 7.89. The zero-order chi connectivity index (χ0) is 20.0. The van der Waals surface area contributed by atoms with Crippen molar-refractivity contribution < 1.29 is 13.5 Å². The van der Waals surface area contributed by atoms with E-state index in [-0.39, 0.29) is 42.2 Å². The first-order valence-corrected chi connectivity index (χ1v) is 10.5. The van der Waals surface area contributed by atoms with Gasteiger partial charge in [-0.1, -0.05) is 44.2 Å². The molecule has 0 saturated carbocycles. The maximum absolute atomic E-state index is 13.0. The first-order valence-electron chi connectivity index (χ1n) is 9.03. The molecular formula is C20H31Cl2N3O3S. The predicted octanol–water partition coefficient (Wildman–Crippen LogP) is 2.69. The van der Waals surface area contributed by atoms with E-state index >= 15 is 0 Å². The Labute approximate surface area is 186 Å². The van der Waals surface area contributed by atoms with Gasteiger partial charge in [-0.3, -0.25) is 0 Å². The molecule has 0 amide bonds. The molecule has 6 nitrogen and oxygen atoms in total. The fourth-order valence-electron chi connectivity index (χ4n) is 2.83. The number of rotatable bonds is 9. The molecule has 9 heteroatoms. The quantitative estimate of drug-likeness (QED) is 0.495. The number of benzene rings is 2. The molecule has 2 atom stereocenters. The highest BCUT2D eigenvalue weighted by atomic mass is 35.5. The summed E-state index contributed by atoms with van der Waals surface area (Å²) in [6.45, 7) is 4.10. The molecule has 2 aromatic carbocycles. The Bertz CT molecular complexity index is 819. The number of anilines is 1. The van der Waals surface area contributed by atoms with Gasteiger partial charge in [0.2, 0.25) is 10.0 Å². The number of aliphatic hydroxyl groups excluding tert-OH is 1. The molecule has 164 valence electrons. The normalized spacial score (nSPS) is 13.4. The van der Waals surface area contributed by atoms with Gasteiger partial charge in [-0.15, -0.1) is 24.8 Å². The van der Waals surface area contributed by atoms with Crippen LogP contribution in [-0.4, -0.2) is 43.1 Å². The van der Waals surface area contributed by atoms with Gasteiger partial charge in [-0.2, -0.15) is 4.31 Å². The third-order valence-corrected chi connectivity index (χ3v) is 6.13. The lowest BCUT2D eigenvalue weighted by Crippen LogP contribution is -2.47. The minimum Gasteiger partial charge on any atom is -0.399 e. The molecule has 0 bridgehead atoms. The van der Waals surface area contributed by atoms with Crippen molar-refractivity contribution in [2.24, 2.45) is 11.7 Å². The monoisotopic (exact) mass is 463 g/mol. The third kappa shape index (κ3) is 8.12. The topological polar surface area (TPSA) is 110 Å². The van der Waals surface area contributed by atoms with E-state index < -0.39 is 22.2 Å². The van der Waals surface area contributed by atoms with Crippen LogP contribution < -0.4 is 11.5 Å². The Hall–Kier alpha value is -1.35. The van der Waals surface area contributed by atoms with Crippen molar-refractivity contribution in [3.8, 4) is 0 Å². The fourth-order valence-corrected chi connectivity index (χ4v) is 4.45. The van der Waals surface area contributed by atoms with Crippen LogP contribution >= 0.6 is 24.8 Å². The van der Waals surface area contributed by atoms with E-state index in [9.17, 15) is 13.5 Å². The number of nitrogens with two attached hydrogens (primary N) is 2. The van der Waals surface area contributed by atoms with Crippen LogP contribution in [0.4, 0.5) is 5.69 Å². The van der Waals surface area contributed by atoms with Crippen molar-refractivity contribution in [1.29, 1.82) is 0 Å². The van der Waals surface area contributed by atoms with E-state index in [2.05, 4.69) is 0 Å². The van der Waals surface area contributed by atoms with E-state index in [1.807, 2.05) is 44.2 Å². The van der Waals surface area contributed by atoms with E-state index in [0.717, 1.165) is 5.56 Å². The standard InChI is InChI=1S/C20H29N3O3S.2ClH/c1-15(2)13-23(27(25,26)18-10-8-17(21)9-11-18)14-20(24)19(22)12-16-6-4-3-5-7-16;;/h3-11,15,19-20,24H,12-14,21-22H2,1-2H3;2*1H/t19-,20+;;/m1../s1. The van der Waals surface area contributed by atoms with Crippen LogP contribution in [0.3, 0.4) is 0 Å². The largest absolute Gasteiger partial charge is 0.399 e. The maximum atomic E-state index is 13.0. The van der Waals surface area contributed by atoms with E-state index in [4.69, 9.17) is 11.5 Å². The van der Waals surface area contributed by atoms with Crippen LogP contribution in [0, 0.1) is 5.92 Å². The Kier molecular flexibility index (Phi) is 11.8. The first-order chi connectivity index (χ1) is 12.7. The lowest BCUT2D eigenvalue weighted by atomic mass is 10.0. The van der Waals surface area contributed by atoms with Crippen LogP contribution in [0.2, 0.25) is 0 Å². The number of halogens is 2. The second kappa shape index (κ2) is 12.4. The van der Waals surface area contributed by atoms with E-state index in [0.29, 0.717) is 18.7 Å². The third-order valence-electron chi connectivity index (χ3n) is 4.29. The zero-order valence-corrected chi connectivity index (χ0v) is 19.1. The highest BCUT2D eigenvalue weighted by Gasteiger charge is 2.29. The second-order valence-electron chi connectivity index (χ2n) is 7.21. The van der Waals surface area contributed by atoms with Gasteiger partial charge in [-0.25, -0.2) is 8.42 Å². The lowest BCUT2D eigenvalue weighted by Gasteiger charge is -2.28. The summed E-state index contributed by atoms with van der Waals surface area (Å²) >= 11 is 0. The summed E-state index contributed by atoms with van der Waals surface area (Å²) in [5.74, 6) is 0.103. The number of nitrogens with zero attached hydrogens (tertiary/aromatic N) is 1. The summed E-state index contributed by atoms with van der Waals surface area (Å²) in [4.78, 5) is 0.154. The second-order valence-corrected chi connectivity index (χ2v) is 9.14. The van der Waals surface area contributed by atoms with Gasteiger partial charge in [-0.05, 0) is 42.2 Å². The molecule has 5 N–H and O–H groups in total. The summed E-state index contributed by atoms with van der Waals surface area (Å²) in [6, 6.07) is 15.1. The van der Waals surface area contributed by atoms with Crippen molar-refractivity contribution in [2.75, 3.05) is 18.8 Å². The zero-order valence-electron chi connectivity index (χ0n) is 16.6. The number of hydrogen-bond acceptors (Lipinski definition) is 5. The van der Waals surface area contributed by atoms with Crippen molar-refractivity contribution in [1.82, 2.24) is 4.31 Å².